The van der Waals surface area contributed by atoms with Crippen molar-refractivity contribution in [2.75, 3.05) is 26.8 Å². The van der Waals surface area contributed by atoms with Crippen molar-refractivity contribution >= 4 is 19.2 Å². The van der Waals surface area contributed by atoms with E-state index in [-0.39, 0.29) is 23.4 Å². The van der Waals surface area contributed by atoms with Gasteiger partial charge in [-0.2, -0.15) is 0 Å². The van der Waals surface area contributed by atoms with Crippen LogP contribution < -0.4 is 22.2 Å². The summed E-state index contributed by atoms with van der Waals surface area (Å²) < 4.78 is 0.915. The molecule has 0 aliphatic rings. The smallest absolute Gasteiger partial charge is 0.303 e. The zero-order valence-electron chi connectivity index (χ0n) is 13.6. The summed E-state index contributed by atoms with van der Waals surface area (Å²) in [5.41, 5.74) is 0. The maximum Gasteiger partial charge on any atom is 0.303 e. The molecule has 0 aromatic heterocycles. The number of rotatable bonds is 8. The minimum absolute atomic E-state index is 0. The first kappa shape index (κ1) is 20.3. The van der Waals surface area contributed by atoms with Gasteiger partial charge in [0.1, 0.15) is 8.07 Å². The van der Waals surface area contributed by atoms with Gasteiger partial charge < -0.3 is 26.6 Å². The van der Waals surface area contributed by atoms with Gasteiger partial charge >= 0.3 is 5.97 Å². The molecule has 0 aliphatic carbocycles. The zero-order chi connectivity index (χ0) is 15.2. The first-order chi connectivity index (χ1) is 9.29. The molecule has 1 unspecified atom stereocenters. The molecule has 0 saturated carbocycles. The summed E-state index contributed by atoms with van der Waals surface area (Å²) in [7, 11) is 2.97. The summed E-state index contributed by atoms with van der Waals surface area (Å²) in [5, 5.41) is 10.3. The predicted octanol–water partition coefficient (Wildman–Crippen LogP) is -0.523. The molecular formula is C16H28BrNO2Si. The molecule has 0 fully saturated rings. The highest BCUT2D eigenvalue weighted by Gasteiger charge is 2.35. The molecule has 1 atom stereocenters. The molecular weight excluding hydrogens is 346 g/mol. The fourth-order valence-corrected chi connectivity index (χ4v) is 6.79. The Morgan fingerprint density at radius 1 is 1.24 bits per heavy atom. The van der Waals surface area contributed by atoms with Crippen LogP contribution in [0.25, 0.3) is 0 Å². The van der Waals surface area contributed by atoms with E-state index in [1.807, 2.05) is 0 Å². The average Bonchev–Trinajstić information content (AvgIpc) is 2.38. The molecule has 1 N–H and O–H groups in total. The lowest BCUT2D eigenvalue weighted by Gasteiger charge is -2.38. The molecule has 0 radical (unpaired) electrons. The Morgan fingerprint density at radius 2 is 1.81 bits per heavy atom. The van der Waals surface area contributed by atoms with E-state index in [0.29, 0.717) is 0 Å². The number of halogens is 1. The third kappa shape index (κ3) is 6.76. The van der Waals surface area contributed by atoms with Crippen LogP contribution in [0.3, 0.4) is 0 Å². The molecule has 0 aliphatic heterocycles. The molecule has 0 saturated heterocycles. The van der Waals surface area contributed by atoms with Gasteiger partial charge in [-0.1, -0.05) is 55.0 Å². The molecule has 5 heteroatoms. The van der Waals surface area contributed by atoms with Gasteiger partial charge in [-0.3, -0.25) is 4.79 Å². The molecule has 21 heavy (non-hydrogen) atoms. The maximum absolute atomic E-state index is 10.6. The standard InChI is InChI=1S/C16H27NO2Si.BrH/c1-5-20(4,15-10-7-6-8-11-15)14-17(2,3)13-9-12-16(18)19;/h6-8,10-11H,5,9,12-14H2,1-4H3;1H. The fraction of sp³-hybridized carbons (Fsp3) is 0.562. The molecule has 1 aromatic rings. The normalized spacial score (nSPS) is 14.1. The molecule has 3 nitrogen and oxygen atoms in total. The quantitative estimate of drug-likeness (QED) is 0.491. The number of hydrogen-bond acceptors (Lipinski definition) is 1. The number of carboxylic acids is 1. The lowest BCUT2D eigenvalue weighted by atomic mass is 10.3. The Hall–Kier alpha value is -0.653. The van der Waals surface area contributed by atoms with E-state index in [1.54, 1.807) is 0 Å². The van der Waals surface area contributed by atoms with Gasteiger partial charge in [0.05, 0.1) is 33.2 Å². The van der Waals surface area contributed by atoms with Crippen LogP contribution in [-0.2, 0) is 4.79 Å². The molecule has 120 valence electrons. The third-order valence-electron chi connectivity index (χ3n) is 4.18. The average molecular weight is 374 g/mol. The summed E-state index contributed by atoms with van der Waals surface area (Å²) in [6, 6.07) is 12.1. The van der Waals surface area contributed by atoms with Gasteiger partial charge in [0.2, 0.25) is 0 Å². The van der Waals surface area contributed by atoms with E-state index in [0.717, 1.165) is 23.6 Å². The fourth-order valence-electron chi connectivity index (χ4n) is 2.93. The van der Waals surface area contributed by atoms with Crippen molar-refractivity contribution in [2.45, 2.75) is 32.4 Å². The van der Waals surface area contributed by atoms with Crippen LogP contribution in [0.5, 0.6) is 0 Å². The highest BCUT2D eigenvalue weighted by atomic mass is 79.9. The Balaban J connectivity index is 0.00000400. The van der Waals surface area contributed by atoms with Gasteiger partial charge in [0.15, 0.2) is 0 Å². The minimum Gasteiger partial charge on any atom is -1.00 e. The SMILES string of the molecule is CC[Si](C)(C[N+](C)(C)CCCC(=O)O)c1ccccc1.[Br-]. The largest absolute Gasteiger partial charge is 1.00 e. The van der Waals surface area contributed by atoms with Crippen molar-refractivity contribution < 1.29 is 31.4 Å². The Bertz CT molecular complexity index is 439. The van der Waals surface area contributed by atoms with Crippen LogP contribution in [0.2, 0.25) is 12.6 Å². The van der Waals surface area contributed by atoms with Gasteiger partial charge in [-0.05, 0) is 0 Å². The van der Waals surface area contributed by atoms with Crippen molar-refractivity contribution in [3.05, 3.63) is 30.3 Å². The van der Waals surface area contributed by atoms with E-state index in [4.69, 9.17) is 5.11 Å². The van der Waals surface area contributed by atoms with E-state index < -0.39 is 14.0 Å². The van der Waals surface area contributed by atoms with Crippen LogP contribution in [0.4, 0.5) is 0 Å². The van der Waals surface area contributed by atoms with Crippen LogP contribution in [0, 0.1) is 0 Å². The molecule has 1 rings (SSSR count). The van der Waals surface area contributed by atoms with Gasteiger partial charge in [-0.25, -0.2) is 0 Å². The Kier molecular flexibility index (Phi) is 8.44. The molecule has 0 spiro atoms. The summed E-state index contributed by atoms with van der Waals surface area (Å²) in [4.78, 5) is 10.6. The Morgan fingerprint density at radius 3 is 2.29 bits per heavy atom. The lowest BCUT2D eigenvalue weighted by molar-refractivity contribution is -0.880. The Labute approximate surface area is 140 Å². The van der Waals surface area contributed by atoms with E-state index >= 15 is 0 Å². The summed E-state index contributed by atoms with van der Waals surface area (Å²) >= 11 is 0. The van der Waals surface area contributed by atoms with E-state index in [1.165, 1.54) is 11.2 Å². The zero-order valence-corrected chi connectivity index (χ0v) is 16.2. The van der Waals surface area contributed by atoms with Crippen molar-refractivity contribution in [1.29, 1.82) is 0 Å². The van der Waals surface area contributed by atoms with Gasteiger partial charge in [-0.15, -0.1) is 0 Å². The second-order valence-electron chi connectivity index (χ2n) is 6.59. The van der Waals surface area contributed by atoms with Crippen molar-refractivity contribution in [2.24, 2.45) is 0 Å². The number of hydrogen-bond donors (Lipinski definition) is 1. The number of quaternary nitrogens is 1. The minimum atomic E-state index is -1.49. The maximum atomic E-state index is 10.6. The number of nitrogens with zero attached hydrogens (tertiary/aromatic N) is 1. The summed E-state index contributed by atoms with van der Waals surface area (Å²) in [5.74, 6) is -0.691. The topological polar surface area (TPSA) is 37.3 Å². The number of benzene rings is 1. The van der Waals surface area contributed by atoms with Crippen molar-refractivity contribution in [3.63, 3.8) is 0 Å². The second-order valence-corrected chi connectivity index (χ2v) is 11.3. The molecule has 0 amide bonds. The molecule has 0 bridgehead atoms. The predicted molar refractivity (Wildman–Crippen MR) is 86.9 cm³/mol. The third-order valence-corrected chi connectivity index (χ3v) is 9.02. The monoisotopic (exact) mass is 373 g/mol. The van der Waals surface area contributed by atoms with Crippen molar-refractivity contribution in [1.82, 2.24) is 0 Å². The first-order valence-electron chi connectivity index (χ1n) is 7.38. The van der Waals surface area contributed by atoms with Crippen LogP contribution in [-0.4, -0.2) is 50.4 Å². The van der Waals surface area contributed by atoms with Crippen LogP contribution in [0.1, 0.15) is 19.8 Å². The first-order valence-corrected chi connectivity index (χ1v) is 10.3. The van der Waals surface area contributed by atoms with Gasteiger partial charge in [0.25, 0.3) is 0 Å². The number of carbonyl (C=O) groups is 1. The highest BCUT2D eigenvalue weighted by Crippen LogP contribution is 2.15. The lowest BCUT2D eigenvalue weighted by Crippen LogP contribution is -3.00. The van der Waals surface area contributed by atoms with Crippen LogP contribution >= 0.6 is 0 Å². The summed E-state index contributed by atoms with van der Waals surface area (Å²) in [6.45, 7) is 5.66. The molecule has 0 heterocycles. The number of aliphatic carboxylic acids is 1. The van der Waals surface area contributed by atoms with Crippen LogP contribution in [0.15, 0.2) is 30.3 Å². The van der Waals surface area contributed by atoms with E-state index in [2.05, 4.69) is 57.9 Å². The number of carboxylic acid groups (broad SMARTS) is 1. The van der Waals surface area contributed by atoms with Gasteiger partial charge in [0, 0.05) is 6.42 Å². The van der Waals surface area contributed by atoms with E-state index in [9.17, 15) is 4.79 Å². The second kappa shape index (κ2) is 8.71. The highest BCUT2D eigenvalue weighted by molar-refractivity contribution is 6.90. The summed E-state index contributed by atoms with van der Waals surface area (Å²) in [6.07, 6.45) is 2.19. The van der Waals surface area contributed by atoms with Crippen molar-refractivity contribution in [3.8, 4) is 0 Å². The molecule has 1 aromatic carbocycles.